The van der Waals surface area contributed by atoms with Crippen LogP contribution in [0.1, 0.15) is 0 Å². The van der Waals surface area contributed by atoms with E-state index in [9.17, 15) is 0 Å². The van der Waals surface area contributed by atoms with Gasteiger partial charge in [-0.2, -0.15) is 0 Å². The maximum atomic E-state index is 5.28. The number of hydrogen-bond acceptors (Lipinski definition) is 2. The van der Waals surface area contributed by atoms with Crippen LogP contribution in [0.15, 0.2) is 30.3 Å². The molecule has 0 aliphatic heterocycles. The molecule has 0 saturated heterocycles. The van der Waals surface area contributed by atoms with E-state index in [1.54, 1.807) is 0 Å². The zero-order valence-electron chi connectivity index (χ0n) is 7.37. The highest BCUT2D eigenvalue weighted by Crippen LogP contribution is 2.16. The Labute approximate surface area is 86.5 Å². The third-order valence-corrected chi connectivity index (χ3v) is 1.95. The summed E-state index contributed by atoms with van der Waals surface area (Å²) in [6, 6.07) is 9.96. The van der Waals surface area contributed by atoms with Gasteiger partial charge in [0.25, 0.3) is 0 Å². The van der Waals surface area contributed by atoms with Crippen molar-refractivity contribution in [2.45, 2.75) is 0 Å². The minimum Gasteiger partial charge on any atom is -0.375 e. The third-order valence-electron chi connectivity index (χ3n) is 1.85. The van der Waals surface area contributed by atoms with Gasteiger partial charge in [0.2, 0.25) is 0 Å². The second kappa shape index (κ2) is 3.55. The molecule has 0 fully saturated rings. The number of benzene rings is 1. The van der Waals surface area contributed by atoms with E-state index in [0.29, 0.717) is 0 Å². The van der Waals surface area contributed by atoms with Crippen LogP contribution < -0.4 is 16.6 Å². The quantitative estimate of drug-likeness (QED) is 0.442. The van der Waals surface area contributed by atoms with Crippen LogP contribution in [0.2, 0.25) is 0 Å². The summed E-state index contributed by atoms with van der Waals surface area (Å²) in [5, 5.41) is 1.35. The van der Waals surface area contributed by atoms with Gasteiger partial charge in [-0.15, -0.1) is 0 Å². The molecule has 5 heteroatoms. The molecule has 0 radical (unpaired) electrons. The Kier molecular flexibility index (Phi) is 2.24. The standard InChI is InChI=1S/C9H10N4S/c10-9(14)13-12-8-5-6-3-1-2-4-7(6)11-8/h1-5,11-12H,(H3,10,13,14). The Morgan fingerprint density at radius 2 is 2.14 bits per heavy atom. The lowest BCUT2D eigenvalue weighted by Gasteiger charge is -2.03. The molecule has 0 bridgehead atoms. The molecule has 0 aliphatic rings. The fourth-order valence-corrected chi connectivity index (χ4v) is 1.32. The molecule has 1 heterocycles. The third kappa shape index (κ3) is 1.77. The molecule has 0 spiro atoms. The van der Waals surface area contributed by atoms with E-state index in [2.05, 4.69) is 28.1 Å². The molecule has 0 aliphatic carbocycles. The lowest BCUT2D eigenvalue weighted by Crippen LogP contribution is -2.33. The van der Waals surface area contributed by atoms with E-state index in [-0.39, 0.29) is 5.11 Å². The molecule has 0 atom stereocenters. The largest absolute Gasteiger partial charge is 0.375 e. The molecule has 72 valence electrons. The molecular weight excluding hydrogens is 196 g/mol. The monoisotopic (exact) mass is 206 g/mol. The Morgan fingerprint density at radius 1 is 1.36 bits per heavy atom. The molecule has 5 N–H and O–H groups in total. The molecule has 1 aromatic carbocycles. The summed E-state index contributed by atoms with van der Waals surface area (Å²) in [6.45, 7) is 0. The summed E-state index contributed by atoms with van der Waals surface area (Å²) >= 11 is 4.67. The van der Waals surface area contributed by atoms with Crippen molar-refractivity contribution in [3.05, 3.63) is 30.3 Å². The summed E-state index contributed by atoms with van der Waals surface area (Å²) in [4.78, 5) is 3.16. The number of hydrogen-bond donors (Lipinski definition) is 4. The number of aromatic nitrogens is 1. The van der Waals surface area contributed by atoms with Gasteiger partial charge in [-0.05, 0) is 24.4 Å². The number of rotatable bonds is 2. The Balaban J connectivity index is 2.22. The van der Waals surface area contributed by atoms with Crippen LogP contribution in [0, 0.1) is 0 Å². The summed E-state index contributed by atoms with van der Waals surface area (Å²) in [5.74, 6) is 0.832. The predicted octanol–water partition coefficient (Wildman–Crippen LogP) is 1.33. The maximum Gasteiger partial charge on any atom is 0.182 e. The summed E-state index contributed by atoms with van der Waals surface area (Å²) in [7, 11) is 0. The van der Waals surface area contributed by atoms with Crippen LogP contribution in [0.5, 0.6) is 0 Å². The predicted molar refractivity (Wildman–Crippen MR) is 61.8 cm³/mol. The van der Waals surface area contributed by atoms with Gasteiger partial charge < -0.3 is 10.7 Å². The van der Waals surface area contributed by atoms with E-state index < -0.39 is 0 Å². The molecular formula is C9H10N4S. The van der Waals surface area contributed by atoms with Gasteiger partial charge >= 0.3 is 0 Å². The Morgan fingerprint density at radius 3 is 2.86 bits per heavy atom. The first kappa shape index (κ1) is 8.83. The van der Waals surface area contributed by atoms with Crippen LogP contribution in [-0.4, -0.2) is 10.1 Å². The van der Waals surface area contributed by atoms with Crippen LogP contribution in [-0.2, 0) is 0 Å². The number of anilines is 1. The normalized spacial score (nSPS) is 10.0. The van der Waals surface area contributed by atoms with Crippen LogP contribution in [0.25, 0.3) is 10.9 Å². The Hall–Kier alpha value is -1.75. The summed E-state index contributed by atoms with van der Waals surface area (Å²) in [6.07, 6.45) is 0. The van der Waals surface area contributed by atoms with Crippen molar-refractivity contribution >= 4 is 34.1 Å². The van der Waals surface area contributed by atoms with Crippen molar-refractivity contribution < 1.29 is 0 Å². The molecule has 14 heavy (non-hydrogen) atoms. The van der Waals surface area contributed by atoms with E-state index in [1.807, 2.05) is 30.3 Å². The molecule has 0 saturated carbocycles. The number of para-hydroxylation sites is 1. The first-order valence-corrected chi connectivity index (χ1v) is 4.56. The highest BCUT2D eigenvalue weighted by molar-refractivity contribution is 7.80. The highest BCUT2D eigenvalue weighted by Gasteiger charge is 1.97. The number of H-pyrrole nitrogens is 1. The highest BCUT2D eigenvalue weighted by atomic mass is 32.1. The van der Waals surface area contributed by atoms with Crippen molar-refractivity contribution in [3.63, 3.8) is 0 Å². The lowest BCUT2D eigenvalue weighted by molar-refractivity contribution is 1.10. The lowest BCUT2D eigenvalue weighted by atomic mass is 10.2. The van der Waals surface area contributed by atoms with E-state index in [1.165, 1.54) is 0 Å². The fourth-order valence-electron chi connectivity index (χ4n) is 1.27. The van der Waals surface area contributed by atoms with Crippen molar-refractivity contribution in [1.29, 1.82) is 0 Å². The van der Waals surface area contributed by atoms with E-state index in [4.69, 9.17) is 5.73 Å². The zero-order valence-corrected chi connectivity index (χ0v) is 8.19. The fraction of sp³-hybridized carbons (Fsp3) is 0. The van der Waals surface area contributed by atoms with Crippen LogP contribution >= 0.6 is 12.2 Å². The first-order valence-electron chi connectivity index (χ1n) is 4.15. The number of nitrogens with two attached hydrogens (primary N) is 1. The van der Waals surface area contributed by atoms with Gasteiger partial charge in [0.15, 0.2) is 5.11 Å². The number of nitrogens with one attached hydrogen (secondary N) is 3. The van der Waals surface area contributed by atoms with Gasteiger partial charge in [-0.1, -0.05) is 18.2 Å². The number of fused-ring (bicyclic) bond motifs is 1. The second-order valence-corrected chi connectivity index (χ2v) is 3.32. The van der Waals surface area contributed by atoms with Crippen molar-refractivity contribution in [2.24, 2.45) is 5.73 Å². The maximum absolute atomic E-state index is 5.28. The molecule has 4 nitrogen and oxygen atoms in total. The minimum absolute atomic E-state index is 0.212. The first-order chi connectivity index (χ1) is 6.75. The minimum atomic E-state index is 0.212. The second-order valence-electron chi connectivity index (χ2n) is 2.88. The van der Waals surface area contributed by atoms with Gasteiger partial charge in [-0.3, -0.25) is 10.9 Å². The SMILES string of the molecule is NC(=S)NNc1cc2ccccc2[nH]1. The van der Waals surface area contributed by atoms with Crippen molar-refractivity contribution in [1.82, 2.24) is 10.4 Å². The molecule has 2 aromatic rings. The smallest absolute Gasteiger partial charge is 0.182 e. The number of aromatic amines is 1. The molecule has 1 aromatic heterocycles. The molecule has 0 unspecified atom stereocenters. The van der Waals surface area contributed by atoms with Gasteiger partial charge in [0.1, 0.15) is 5.82 Å². The number of thiocarbonyl (C=S) groups is 1. The molecule has 0 amide bonds. The van der Waals surface area contributed by atoms with E-state index >= 15 is 0 Å². The average molecular weight is 206 g/mol. The van der Waals surface area contributed by atoms with Crippen molar-refractivity contribution in [2.75, 3.05) is 5.43 Å². The topological polar surface area (TPSA) is 65.9 Å². The van der Waals surface area contributed by atoms with Gasteiger partial charge in [0.05, 0.1) is 0 Å². The average Bonchev–Trinajstić information content (AvgIpc) is 2.57. The summed E-state index contributed by atoms with van der Waals surface area (Å²) < 4.78 is 0. The Bertz CT molecular complexity index is 430. The summed E-state index contributed by atoms with van der Waals surface area (Å²) in [5.41, 5.74) is 11.9. The van der Waals surface area contributed by atoms with Crippen molar-refractivity contribution in [3.8, 4) is 0 Å². The van der Waals surface area contributed by atoms with E-state index in [0.717, 1.165) is 16.7 Å². The number of hydrazine groups is 1. The zero-order chi connectivity index (χ0) is 9.97. The van der Waals surface area contributed by atoms with Gasteiger partial charge in [0, 0.05) is 10.9 Å². The van der Waals surface area contributed by atoms with Crippen LogP contribution in [0.3, 0.4) is 0 Å². The molecule has 2 rings (SSSR count). The van der Waals surface area contributed by atoms with Crippen LogP contribution in [0.4, 0.5) is 5.82 Å². The van der Waals surface area contributed by atoms with Gasteiger partial charge in [-0.25, -0.2) is 0 Å².